The van der Waals surface area contributed by atoms with Crippen LogP contribution in [0.15, 0.2) is 24.5 Å². The zero-order valence-electron chi connectivity index (χ0n) is 8.56. The molecule has 1 aromatic heterocycles. The van der Waals surface area contributed by atoms with E-state index < -0.39 is 0 Å². The average molecular weight is 193 g/mol. The maximum absolute atomic E-state index is 11.3. The highest BCUT2D eigenvalue weighted by atomic mass is 16.5. The zero-order valence-corrected chi connectivity index (χ0v) is 8.56. The fourth-order valence-electron chi connectivity index (χ4n) is 1.24. The number of carbonyl (C=O) groups excluding carboxylic acids is 1. The maximum Gasteiger partial charge on any atom is 0.308 e. The van der Waals surface area contributed by atoms with Gasteiger partial charge >= 0.3 is 5.97 Å². The second-order valence-corrected chi connectivity index (χ2v) is 3.21. The molecule has 1 unspecified atom stereocenters. The molecule has 0 aliphatic rings. The molecule has 0 aromatic carbocycles. The maximum atomic E-state index is 11.3. The second kappa shape index (κ2) is 5.37. The van der Waals surface area contributed by atoms with E-state index in [9.17, 15) is 4.79 Å². The van der Waals surface area contributed by atoms with Gasteiger partial charge in [0.2, 0.25) is 0 Å². The Bertz CT molecular complexity index is 285. The molecular weight excluding hydrogens is 178 g/mol. The van der Waals surface area contributed by atoms with Gasteiger partial charge in [-0.1, -0.05) is 6.92 Å². The summed E-state index contributed by atoms with van der Waals surface area (Å²) in [7, 11) is 0. The smallest absolute Gasteiger partial charge is 0.308 e. The lowest BCUT2D eigenvalue weighted by atomic mass is 10.0. The SMILES string of the molecule is CCOC(=O)C(C)Cc1ccncc1. The molecule has 0 spiro atoms. The van der Waals surface area contributed by atoms with Crippen molar-refractivity contribution in [1.82, 2.24) is 4.98 Å². The van der Waals surface area contributed by atoms with Gasteiger partial charge in [0.05, 0.1) is 12.5 Å². The number of hydrogen-bond donors (Lipinski definition) is 0. The van der Waals surface area contributed by atoms with E-state index in [-0.39, 0.29) is 11.9 Å². The summed E-state index contributed by atoms with van der Waals surface area (Å²) >= 11 is 0. The summed E-state index contributed by atoms with van der Waals surface area (Å²) in [5.74, 6) is -0.221. The molecular formula is C11H15NO2. The first kappa shape index (κ1) is 10.7. The first-order chi connectivity index (χ1) is 6.74. The summed E-state index contributed by atoms with van der Waals surface area (Å²) in [6, 6.07) is 3.82. The molecule has 3 heteroatoms. The molecule has 0 fully saturated rings. The van der Waals surface area contributed by atoms with Crippen LogP contribution in [0.5, 0.6) is 0 Å². The Balaban J connectivity index is 2.49. The van der Waals surface area contributed by atoms with Crippen LogP contribution in [0.1, 0.15) is 19.4 Å². The van der Waals surface area contributed by atoms with E-state index >= 15 is 0 Å². The summed E-state index contributed by atoms with van der Waals surface area (Å²) in [5, 5.41) is 0. The first-order valence-corrected chi connectivity index (χ1v) is 4.79. The predicted octanol–water partition coefficient (Wildman–Crippen LogP) is 1.82. The number of rotatable bonds is 4. The number of esters is 1. The molecule has 0 aliphatic heterocycles. The molecule has 1 aromatic rings. The molecule has 1 rings (SSSR count). The van der Waals surface area contributed by atoms with E-state index in [4.69, 9.17) is 4.74 Å². The van der Waals surface area contributed by atoms with Crippen LogP contribution in [0.2, 0.25) is 0 Å². The highest BCUT2D eigenvalue weighted by Crippen LogP contribution is 2.08. The Morgan fingerprint density at radius 2 is 2.14 bits per heavy atom. The van der Waals surface area contributed by atoms with Crippen LogP contribution in [0.25, 0.3) is 0 Å². The molecule has 1 heterocycles. The zero-order chi connectivity index (χ0) is 10.4. The van der Waals surface area contributed by atoms with Crippen molar-refractivity contribution in [3.63, 3.8) is 0 Å². The number of hydrogen-bond acceptors (Lipinski definition) is 3. The van der Waals surface area contributed by atoms with E-state index in [1.807, 2.05) is 26.0 Å². The quantitative estimate of drug-likeness (QED) is 0.685. The van der Waals surface area contributed by atoms with Crippen LogP contribution in [-0.4, -0.2) is 17.6 Å². The lowest BCUT2D eigenvalue weighted by Gasteiger charge is -2.09. The molecule has 1 atom stereocenters. The standard InChI is InChI=1S/C11H15NO2/c1-3-14-11(13)9(2)8-10-4-6-12-7-5-10/h4-7,9H,3,8H2,1-2H3. The Hall–Kier alpha value is -1.38. The molecule has 0 amide bonds. The fraction of sp³-hybridized carbons (Fsp3) is 0.455. The molecule has 3 nitrogen and oxygen atoms in total. The van der Waals surface area contributed by atoms with Crippen molar-refractivity contribution in [2.24, 2.45) is 5.92 Å². The number of aromatic nitrogens is 1. The number of pyridine rings is 1. The van der Waals surface area contributed by atoms with Crippen molar-refractivity contribution in [2.45, 2.75) is 20.3 Å². The van der Waals surface area contributed by atoms with E-state index in [0.29, 0.717) is 13.0 Å². The topological polar surface area (TPSA) is 39.2 Å². The number of ether oxygens (including phenoxy) is 1. The van der Waals surface area contributed by atoms with E-state index in [2.05, 4.69) is 4.98 Å². The van der Waals surface area contributed by atoms with Gasteiger partial charge in [-0.3, -0.25) is 9.78 Å². The van der Waals surface area contributed by atoms with Gasteiger partial charge in [-0.15, -0.1) is 0 Å². The first-order valence-electron chi connectivity index (χ1n) is 4.79. The van der Waals surface area contributed by atoms with E-state index in [0.717, 1.165) is 5.56 Å². The molecule has 0 saturated carbocycles. The van der Waals surface area contributed by atoms with Gasteiger partial charge in [0, 0.05) is 12.4 Å². The van der Waals surface area contributed by atoms with Crippen molar-refractivity contribution in [3.8, 4) is 0 Å². The minimum atomic E-state index is -0.135. The van der Waals surface area contributed by atoms with Crippen LogP contribution in [0.3, 0.4) is 0 Å². The summed E-state index contributed by atoms with van der Waals surface area (Å²) in [6.45, 7) is 4.13. The van der Waals surface area contributed by atoms with Gasteiger partial charge in [0.25, 0.3) is 0 Å². The predicted molar refractivity (Wildman–Crippen MR) is 53.7 cm³/mol. The Labute approximate surface area is 84.1 Å². The highest BCUT2D eigenvalue weighted by Gasteiger charge is 2.13. The third-order valence-corrected chi connectivity index (χ3v) is 1.98. The minimum Gasteiger partial charge on any atom is -0.466 e. The Morgan fingerprint density at radius 1 is 1.50 bits per heavy atom. The van der Waals surface area contributed by atoms with Gasteiger partial charge in [-0.25, -0.2) is 0 Å². The lowest BCUT2D eigenvalue weighted by molar-refractivity contribution is -0.147. The van der Waals surface area contributed by atoms with E-state index in [1.54, 1.807) is 12.4 Å². The van der Waals surface area contributed by atoms with Crippen LogP contribution in [-0.2, 0) is 16.0 Å². The molecule has 0 N–H and O–H groups in total. The largest absolute Gasteiger partial charge is 0.466 e. The highest BCUT2D eigenvalue weighted by molar-refractivity contribution is 5.72. The van der Waals surface area contributed by atoms with Gasteiger partial charge in [0.1, 0.15) is 0 Å². The molecule has 76 valence electrons. The molecule has 0 saturated heterocycles. The van der Waals surface area contributed by atoms with Crippen molar-refractivity contribution in [2.75, 3.05) is 6.61 Å². The summed E-state index contributed by atoms with van der Waals surface area (Å²) in [5.41, 5.74) is 1.11. The van der Waals surface area contributed by atoms with Gasteiger partial charge in [-0.05, 0) is 31.0 Å². The summed E-state index contributed by atoms with van der Waals surface area (Å²) in [6.07, 6.45) is 4.17. The van der Waals surface area contributed by atoms with Gasteiger partial charge in [0.15, 0.2) is 0 Å². The third kappa shape index (κ3) is 3.17. The average Bonchev–Trinajstić information content (AvgIpc) is 2.19. The fourth-order valence-corrected chi connectivity index (χ4v) is 1.24. The molecule has 0 bridgehead atoms. The Morgan fingerprint density at radius 3 is 2.71 bits per heavy atom. The van der Waals surface area contributed by atoms with Crippen LogP contribution < -0.4 is 0 Å². The second-order valence-electron chi connectivity index (χ2n) is 3.21. The van der Waals surface area contributed by atoms with Crippen LogP contribution in [0, 0.1) is 5.92 Å². The minimum absolute atomic E-state index is 0.0858. The van der Waals surface area contributed by atoms with Crippen molar-refractivity contribution in [1.29, 1.82) is 0 Å². The van der Waals surface area contributed by atoms with Gasteiger partial charge < -0.3 is 4.74 Å². The van der Waals surface area contributed by atoms with Gasteiger partial charge in [-0.2, -0.15) is 0 Å². The van der Waals surface area contributed by atoms with Crippen LogP contribution in [0.4, 0.5) is 0 Å². The van der Waals surface area contributed by atoms with Crippen molar-refractivity contribution < 1.29 is 9.53 Å². The molecule has 14 heavy (non-hydrogen) atoms. The van der Waals surface area contributed by atoms with Crippen molar-refractivity contribution in [3.05, 3.63) is 30.1 Å². The van der Waals surface area contributed by atoms with E-state index in [1.165, 1.54) is 0 Å². The number of carbonyl (C=O) groups is 1. The summed E-state index contributed by atoms with van der Waals surface area (Å²) in [4.78, 5) is 15.2. The number of nitrogens with zero attached hydrogens (tertiary/aromatic N) is 1. The molecule has 0 aliphatic carbocycles. The third-order valence-electron chi connectivity index (χ3n) is 1.98. The monoisotopic (exact) mass is 193 g/mol. The normalized spacial score (nSPS) is 12.1. The lowest BCUT2D eigenvalue weighted by Crippen LogP contribution is -2.16. The van der Waals surface area contributed by atoms with Crippen molar-refractivity contribution >= 4 is 5.97 Å². The molecule has 0 radical (unpaired) electrons. The van der Waals surface area contributed by atoms with Crippen LogP contribution >= 0.6 is 0 Å². The Kier molecular flexibility index (Phi) is 4.11. The summed E-state index contributed by atoms with van der Waals surface area (Å²) < 4.78 is 4.92.